The van der Waals surface area contributed by atoms with Crippen LogP contribution in [0.4, 0.5) is 13.2 Å². The summed E-state index contributed by atoms with van der Waals surface area (Å²) in [6, 6.07) is 6.98. The number of methoxy groups -OCH3 is 1. The van der Waals surface area contributed by atoms with Crippen LogP contribution < -0.4 is 0 Å². The molecule has 0 bridgehead atoms. The Hall–Kier alpha value is -1.36. The van der Waals surface area contributed by atoms with E-state index in [1.54, 1.807) is 6.07 Å². The molecule has 1 unspecified atom stereocenters. The molecule has 0 radical (unpaired) electrons. The quantitative estimate of drug-likeness (QED) is 0.840. The maximum Gasteiger partial charge on any atom is 0.428 e. The first-order valence-corrected chi connectivity index (χ1v) is 5.79. The minimum atomic E-state index is -4.83. The van der Waals surface area contributed by atoms with Crippen molar-refractivity contribution in [2.45, 2.75) is 32.5 Å². The molecule has 1 rings (SSSR count). The van der Waals surface area contributed by atoms with Crippen molar-refractivity contribution in [3.63, 3.8) is 0 Å². The fourth-order valence-corrected chi connectivity index (χ4v) is 1.95. The number of carbonyl (C=O) groups excluding carboxylic acids is 1. The second-order valence-corrected chi connectivity index (χ2v) is 5.33. The van der Waals surface area contributed by atoms with Crippen LogP contribution in [0.25, 0.3) is 0 Å². The second kappa shape index (κ2) is 4.96. The average molecular weight is 274 g/mol. The van der Waals surface area contributed by atoms with Crippen molar-refractivity contribution in [1.82, 2.24) is 0 Å². The number of Topliss-reactive ketones (excluding diaryl/α,β-unsaturated/α-hetero) is 1. The Bertz CT molecular complexity index is 446. The van der Waals surface area contributed by atoms with Crippen LogP contribution in [0.2, 0.25) is 0 Å². The topological polar surface area (TPSA) is 26.3 Å². The van der Waals surface area contributed by atoms with Gasteiger partial charge in [0.05, 0.1) is 0 Å². The zero-order valence-corrected chi connectivity index (χ0v) is 11.3. The van der Waals surface area contributed by atoms with Crippen molar-refractivity contribution in [3.8, 4) is 0 Å². The number of carbonyl (C=O) groups is 1. The molecule has 0 aliphatic rings. The van der Waals surface area contributed by atoms with E-state index in [4.69, 9.17) is 4.74 Å². The summed E-state index contributed by atoms with van der Waals surface area (Å²) >= 11 is 0. The molecule has 0 saturated heterocycles. The molecule has 1 aromatic rings. The van der Waals surface area contributed by atoms with Gasteiger partial charge < -0.3 is 4.74 Å². The molecule has 0 aliphatic carbocycles. The van der Waals surface area contributed by atoms with E-state index in [0.29, 0.717) is 0 Å². The summed E-state index contributed by atoms with van der Waals surface area (Å²) in [7, 11) is 0.907. The van der Waals surface area contributed by atoms with E-state index in [0.717, 1.165) is 7.11 Å². The molecular weight excluding hydrogens is 257 g/mol. The van der Waals surface area contributed by atoms with Gasteiger partial charge in [0.15, 0.2) is 5.78 Å². The molecule has 1 atom stereocenters. The first-order valence-electron chi connectivity index (χ1n) is 5.79. The predicted molar refractivity (Wildman–Crippen MR) is 65.6 cm³/mol. The van der Waals surface area contributed by atoms with Gasteiger partial charge in [-0.3, -0.25) is 4.79 Å². The van der Waals surface area contributed by atoms with E-state index in [-0.39, 0.29) is 5.56 Å². The third-order valence-electron chi connectivity index (χ3n) is 2.89. The monoisotopic (exact) mass is 274 g/mol. The Kier molecular flexibility index (Phi) is 4.10. The molecule has 0 fully saturated rings. The molecular formula is C14H17F3O2. The summed E-state index contributed by atoms with van der Waals surface area (Å²) in [5.41, 5.74) is -4.31. The van der Waals surface area contributed by atoms with Crippen LogP contribution in [-0.4, -0.2) is 19.1 Å². The number of benzene rings is 1. The van der Waals surface area contributed by atoms with Gasteiger partial charge in [-0.1, -0.05) is 51.1 Å². The summed E-state index contributed by atoms with van der Waals surface area (Å²) in [5, 5.41) is 0. The molecule has 5 heteroatoms. The highest BCUT2D eigenvalue weighted by atomic mass is 19.4. The molecule has 0 aliphatic heterocycles. The van der Waals surface area contributed by atoms with E-state index in [1.807, 2.05) is 0 Å². The van der Waals surface area contributed by atoms with Gasteiger partial charge in [-0.05, 0) is 0 Å². The summed E-state index contributed by atoms with van der Waals surface area (Å²) in [6.07, 6.45) is -4.83. The minimum Gasteiger partial charge on any atom is -0.358 e. The summed E-state index contributed by atoms with van der Waals surface area (Å²) in [4.78, 5) is 12.3. The Balaban J connectivity index is 3.55. The molecule has 0 heterocycles. The Morgan fingerprint density at radius 1 is 1.05 bits per heavy atom. The smallest absolute Gasteiger partial charge is 0.358 e. The molecule has 2 nitrogen and oxygen atoms in total. The van der Waals surface area contributed by atoms with Crippen LogP contribution in [0.5, 0.6) is 0 Å². The predicted octanol–water partition coefficient (Wildman–Crippen LogP) is 3.71. The SMILES string of the molecule is COC(C(=O)C(C)(C)C)(c1ccccc1)C(F)(F)F. The lowest BCUT2D eigenvalue weighted by Gasteiger charge is -2.37. The molecule has 0 N–H and O–H groups in total. The number of hydrogen-bond acceptors (Lipinski definition) is 2. The second-order valence-electron chi connectivity index (χ2n) is 5.33. The number of alkyl halides is 3. The van der Waals surface area contributed by atoms with Gasteiger partial charge in [0.25, 0.3) is 0 Å². The van der Waals surface area contributed by atoms with E-state index in [9.17, 15) is 18.0 Å². The Morgan fingerprint density at radius 2 is 1.53 bits per heavy atom. The van der Waals surface area contributed by atoms with Gasteiger partial charge in [0.1, 0.15) is 0 Å². The van der Waals surface area contributed by atoms with Crippen molar-refractivity contribution >= 4 is 5.78 Å². The normalized spacial score (nSPS) is 15.9. The van der Waals surface area contributed by atoms with E-state index < -0.39 is 23.0 Å². The molecule has 0 amide bonds. The van der Waals surface area contributed by atoms with E-state index in [1.165, 1.54) is 45.0 Å². The standard InChI is InChI=1S/C14H17F3O2/c1-12(2,3)11(18)13(19-4,14(15,16)17)10-8-6-5-7-9-10/h5-9H,1-4H3. The molecule has 0 aromatic heterocycles. The van der Waals surface area contributed by atoms with Crippen molar-refractivity contribution < 1.29 is 22.7 Å². The average Bonchev–Trinajstić information content (AvgIpc) is 2.29. The van der Waals surface area contributed by atoms with Crippen molar-refractivity contribution in [3.05, 3.63) is 35.9 Å². The lowest BCUT2D eigenvalue weighted by molar-refractivity contribution is -0.268. The number of hydrogen-bond donors (Lipinski definition) is 0. The molecule has 1 aromatic carbocycles. The Morgan fingerprint density at radius 3 is 1.84 bits per heavy atom. The van der Waals surface area contributed by atoms with Gasteiger partial charge in [-0.2, -0.15) is 13.2 Å². The van der Waals surface area contributed by atoms with Crippen LogP contribution in [0, 0.1) is 5.41 Å². The summed E-state index contributed by atoms with van der Waals surface area (Å²) in [6.45, 7) is 4.33. The first-order chi connectivity index (χ1) is 8.57. The van der Waals surface area contributed by atoms with Crippen LogP contribution >= 0.6 is 0 Å². The van der Waals surface area contributed by atoms with Crippen LogP contribution in [0.15, 0.2) is 30.3 Å². The van der Waals surface area contributed by atoms with Crippen molar-refractivity contribution in [1.29, 1.82) is 0 Å². The minimum absolute atomic E-state index is 0.204. The third kappa shape index (κ3) is 2.66. The lowest BCUT2D eigenvalue weighted by Crippen LogP contribution is -2.54. The molecule has 0 saturated carbocycles. The number of halogens is 3. The van der Waals surface area contributed by atoms with E-state index in [2.05, 4.69) is 0 Å². The zero-order chi connectivity index (χ0) is 14.9. The van der Waals surface area contributed by atoms with Gasteiger partial charge in [-0.25, -0.2) is 0 Å². The van der Waals surface area contributed by atoms with Gasteiger partial charge >= 0.3 is 6.18 Å². The highest BCUT2D eigenvalue weighted by molar-refractivity contribution is 5.93. The summed E-state index contributed by atoms with van der Waals surface area (Å²) in [5.74, 6) is -1.01. The fraction of sp³-hybridized carbons (Fsp3) is 0.500. The largest absolute Gasteiger partial charge is 0.428 e. The maximum absolute atomic E-state index is 13.5. The van der Waals surface area contributed by atoms with Crippen LogP contribution in [0.1, 0.15) is 26.3 Å². The maximum atomic E-state index is 13.5. The third-order valence-corrected chi connectivity index (χ3v) is 2.89. The van der Waals surface area contributed by atoms with Gasteiger partial charge in [-0.15, -0.1) is 0 Å². The summed E-state index contributed by atoms with van der Waals surface area (Å²) < 4.78 is 45.2. The van der Waals surface area contributed by atoms with Crippen LogP contribution in [0.3, 0.4) is 0 Å². The van der Waals surface area contributed by atoms with Gasteiger partial charge in [0.2, 0.25) is 5.60 Å². The van der Waals surface area contributed by atoms with Crippen molar-refractivity contribution in [2.75, 3.05) is 7.11 Å². The van der Waals surface area contributed by atoms with E-state index >= 15 is 0 Å². The molecule has 106 valence electrons. The van der Waals surface area contributed by atoms with Crippen molar-refractivity contribution in [2.24, 2.45) is 5.41 Å². The zero-order valence-electron chi connectivity index (χ0n) is 11.3. The highest BCUT2D eigenvalue weighted by Crippen LogP contribution is 2.46. The number of rotatable bonds is 3. The van der Waals surface area contributed by atoms with Crippen LogP contribution in [-0.2, 0) is 15.1 Å². The number of ether oxygens (including phenoxy) is 1. The van der Waals surface area contributed by atoms with Gasteiger partial charge in [0, 0.05) is 18.1 Å². The first kappa shape index (κ1) is 15.7. The highest BCUT2D eigenvalue weighted by Gasteiger charge is 2.64. The number of ketones is 1. The molecule has 0 spiro atoms. The lowest BCUT2D eigenvalue weighted by atomic mass is 9.76. The Labute approximate surface area is 110 Å². The molecule has 19 heavy (non-hydrogen) atoms. The fourth-order valence-electron chi connectivity index (χ4n) is 1.95.